The van der Waals surface area contributed by atoms with E-state index in [9.17, 15) is 38.6 Å². The Balaban J connectivity index is 0.749. The SMILES string of the molecule is C=CC(=O)Nc1cc(Nc2nc(-c3ccnc(N4CCn5c(cc6c5CC(C)(C)C6)C4=O)c3CO)cn(C)c2=O)ccc1N1CCN(C2CCN(c3ccc4c(c3)CN(C3CCC(C)(OP(=O)(O)O)CC3)C4=O)[C@@H](C)C2)C[C@@H]1C. The predicted molar refractivity (Wildman–Crippen MR) is 303 cm³/mol. The van der Waals surface area contributed by atoms with Crippen LogP contribution in [0.2, 0.25) is 0 Å². The minimum Gasteiger partial charge on any atom is -0.392 e. The van der Waals surface area contributed by atoms with E-state index in [0.29, 0.717) is 97.6 Å². The number of piperidine rings is 1. The summed E-state index contributed by atoms with van der Waals surface area (Å²) in [6.45, 7) is 18.7. The van der Waals surface area contributed by atoms with Gasteiger partial charge in [0.15, 0.2) is 5.82 Å². The third kappa shape index (κ3) is 10.5. The molecule has 7 heterocycles. The Morgan fingerprint density at radius 2 is 1.66 bits per heavy atom. The summed E-state index contributed by atoms with van der Waals surface area (Å²) < 4.78 is 20.3. The number of benzene rings is 2. The molecule has 11 rings (SSSR count). The molecule has 3 fully saturated rings. The van der Waals surface area contributed by atoms with Crippen LogP contribution in [0.5, 0.6) is 0 Å². The number of phosphoric ester groups is 1. The lowest BCUT2D eigenvalue weighted by molar-refractivity contribution is -0.111. The maximum Gasteiger partial charge on any atom is 0.470 e. The fourth-order valence-corrected chi connectivity index (χ4v) is 14.3. The van der Waals surface area contributed by atoms with E-state index in [4.69, 9.17) is 9.51 Å². The van der Waals surface area contributed by atoms with Crippen molar-refractivity contribution in [1.29, 1.82) is 0 Å². The molecule has 3 amide bonds. The average molecular weight is 1100 g/mol. The zero-order valence-electron chi connectivity index (χ0n) is 45.9. The van der Waals surface area contributed by atoms with Crippen LogP contribution in [0.25, 0.3) is 11.3 Å². The van der Waals surface area contributed by atoms with Crippen molar-refractivity contribution in [2.75, 3.05) is 58.1 Å². The van der Waals surface area contributed by atoms with Gasteiger partial charge >= 0.3 is 7.82 Å². The molecule has 3 atom stereocenters. The van der Waals surface area contributed by atoms with Crippen molar-refractivity contribution >= 4 is 59.9 Å². The van der Waals surface area contributed by atoms with Crippen LogP contribution in [0.15, 0.2) is 78.4 Å². The average Bonchev–Trinajstić information content (AvgIpc) is 4.28. The molecule has 1 unspecified atom stereocenters. The van der Waals surface area contributed by atoms with Gasteiger partial charge in [-0.25, -0.2) is 14.5 Å². The number of carbonyl (C=O) groups excluding carboxylic acids is 3. The van der Waals surface area contributed by atoms with Gasteiger partial charge in [0.05, 0.1) is 29.3 Å². The van der Waals surface area contributed by atoms with Crippen molar-refractivity contribution < 1.29 is 38.4 Å². The molecular formula is C58H72N11O9P. The van der Waals surface area contributed by atoms with Gasteiger partial charge in [-0.15, -0.1) is 0 Å². The smallest absolute Gasteiger partial charge is 0.392 e. The molecule has 0 bridgehead atoms. The lowest BCUT2D eigenvalue weighted by Crippen LogP contribution is -2.58. The number of phosphoric acid groups is 1. The molecular weight excluding hydrogens is 1030 g/mol. The lowest BCUT2D eigenvalue weighted by atomic mass is 9.83. The number of aromatic nitrogens is 4. The van der Waals surface area contributed by atoms with Crippen LogP contribution in [0.1, 0.15) is 116 Å². The number of hydrogen-bond acceptors (Lipinski definition) is 13. The number of amides is 3. The predicted octanol–water partition coefficient (Wildman–Crippen LogP) is 7.12. The number of fused-ring (bicyclic) bond motifs is 4. The second kappa shape index (κ2) is 20.8. The molecule has 0 spiro atoms. The minimum atomic E-state index is -4.62. The van der Waals surface area contributed by atoms with Crippen LogP contribution in [0.3, 0.4) is 0 Å². The molecule has 3 aromatic heterocycles. The van der Waals surface area contributed by atoms with E-state index >= 15 is 0 Å². The van der Waals surface area contributed by atoms with Gasteiger partial charge in [0.2, 0.25) is 5.91 Å². The van der Waals surface area contributed by atoms with Gasteiger partial charge in [-0.1, -0.05) is 20.4 Å². The number of aliphatic hydroxyl groups is 1. The van der Waals surface area contributed by atoms with Crippen molar-refractivity contribution in [2.24, 2.45) is 12.5 Å². The number of piperazine rings is 1. The summed E-state index contributed by atoms with van der Waals surface area (Å²) in [5.74, 6) is -0.169. The fraction of sp³-hybridized carbons (Fsp3) is 0.483. The number of hydrogen-bond donors (Lipinski definition) is 5. The van der Waals surface area contributed by atoms with Gasteiger partial charge in [0.25, 0.3) is 17.4 Å². The highest BCUT2D eigenvalue weighted by Crippen LogP contribution is 2.48. The van der Waals surface area contributed by atoms with E-state index in [1.807, 2.05) is 29.2 Å². The third-order valence-electron chi connectivity index (χ3n) is 17.5. The Labute approximate surface area is 460 Å². The van der Waals surface area contributed by atoms with Crippen molar-refractivity contribution in [3.8, 4) is 11.3 Å². The highest BCUT2D eigenvalue weighted by Gasteiger charge is 2.43. The van der Waals surface area contributed by atoms with Crippen molar-refractivity contribution in [3.63, 3.8) is 0 Å². The Hall–Kier alpha value is -6.67. The number of nitrogens with one attached hydrogen (secondary N) is 2. The van der Waals surface area contributed by atoms with Crippen molar-refractivity contribution in [2.45, 2.75) is 135 Å². The van der Waals surface area contributed by atoms with E-state index in [-0.39, 0.29) is 47.1 Å². The van der Waals surface area contributed by atoms with E-state index in [0.717, 1.165) is 67.8 Å². The summed E-state index contributed by atoms with van der Waals surface area (Å²) in [4.78, 5) is 93.7. The highest BCUT2D eigenvalue weighted by atomic mass is 31.2. The van der Waals surface area contributed by atoms with Gasteiger partial charge < -0.3 is 49.4 Å². The van der Waals surface area contributed by atoms with Gasteiger partial charge in [-0.2, -0.15) is 0 Å². The van der Waals surface area contributed by atoms with Gasteiger partial charge in [-0.3, -0.25) is 33.5 Å². The Kier molecular flexibility index (Phi) is 14.3. The van der Waals surface area contributed by atoms with Crippen LogP contribution in [0.4, 0.5) is 34.4 Å². The number of pyridine rings is 1. The monoisotopic (exact) mass is 1100 g/mol. The first-order valence-electron chi connectivity index (χ1n) is 27.6. The maximum absolute atomic E-state index is 14.1. The molecule has 79 heavy (non-hydrogen) atoms. The lowest BCUT2D eigenvalue weighted by Gasteiger charge is -2.48. The van der Waals surface area contributed by atoms with Crippen LogP contribution in [-0.2, 0) is 53.5 Å². The van der Waals surface area contributed by atoms with E-state index in [2.05, 4.69) is 81.3 Å². The zero-order valence-corrected chi connectivity index (χ0v) is 46.8. The number of aryl methyl sites for hydroxylation is 1. The molecule has 5 aromatic rings. The van der Waals surface area contributed by atoms with Crippen LogP contribution in [-0.4, -0.2) is 124 Å². The normalized spacial score (nSPS) is 24.1. The van der Waals surface area contributed by atoms with Gasteiger partial charge in [-0.05, 0) is 143 Å². The second-order valence-electron chi connectivity index (χ2n) is 23.7. The summed E-state index contributed by atoms with van der Waals surface area (Å²) in [6, 6.07) is 16.2. The van der Waals surface area contributed by atoms with Crippen LogP contribution >= 0.6 is 7.82 Å². The summed E-state index contributed by atoms with van der Waals surface area (Å²) >= 11 is 0. The fourth-order valence-electron chi connectivity index (χ4n) is 13.6. The first-order valence-corrected chi connectivity index (χ1v) is 29.1. The largest absolute Gasteiger partial charge is 0.470 e. The topological polar surface area (TPSA) is 231 Å². The Morgan fingerprint density at radius 3 is 2.38 bits per heavy atom. The zero-order chi connectivity index (χ0) is 55.9. The third-order valence-corrected chi connectivity index (χ3v) is 18.2. The molecule has 418 valence electrons. The molecule has 1 saturated carbocycles. The molecule has 4 aliphatic heterocycles. The number of anilines is 6. The summed E-state index contributed by atoms with van der Waals surface area (Å²) in [6.07, 6.45) is 10.3. The molecule has 21 heteroatoms. The molecule has 2 aliphatic carbocycles. The van der Waals surface area contributed by atoms with Crippen molar-refractivity contribution in [3.05, 3.63) is 118 Å². The minimum absolute atomic E-state index is 0.00629. The Bertz CT molecular complexity index is 3380. The molecule has 0 radical (unpaired) electrons. The van der Waals surface area contributed by atoms with Crippen LogP contribution in [0, 0.1) is 5.41 Å². The maximum atomic E-state index is 14.1. The quantitative estimate of drug-likeness (QED) is 0.0584. The molecule has 20 nitrogen and oxygen atoms in total. The molecule has 6 aliphatic rings. The molecule has 2 saturated heterocycles. The number of rotatable bonds is 13. The summed E-state index contributed by atoms with van der Waals surface area (Å²) in [5.41, 5.74) is 7.96. The van der Waals surface area contributed by atoms with E-state index in [1.54, 1.807) is 43.4 Å². The summed E-state index contributed by atoms with van der Waals surface area (Å²) in [5, 5.41) is 17.1. The summed E-state index contributed by atoms with van der Waals surface area (Å²) in [7, 11) is -2.99. The Morgan fingerprint density at radius 1 is 0.873 bits per heavy atom. The number of nitrogens with zero attached hydrogens (tertiary/aromatic N) is 9. The number of aliphatic hydroxyl groups excluding tert-OH is 1. The van der Waals surface area contributed by atoms with Gasteiger partial charge in [0.1, 0.15) is 11.5 Å². The standard InChI is InChI=1S/C58H72N11O9P/c1-8-51(71)61-46-28-39(60-52-56(74)63(7)33-47(62-52)44-15-19-59-53(45(44)34-70)68-24-23-67-49(55(68)73)27-37-29-57(4,5)30-50(37)67)9-12-48(46)66-22-21-64(31-36(66)3)41-16-20-65(35(2)25-41)42-10-11-43-38(26-42)32-69(54(43)72)40-13-17-58(6,18-14-40)78-79(75,76)77/h8-12,15,19,26-28,33,35-36,40-41,70H,1,13-14,16-18,20-25,29-32,34H2,2-7H3,(H,60,62)(H,61,71)(H2,75,76,77)/t35-,36-,40?,41?,58?/m0/s1. The first-order chi connectivity index (χ1) is 37.6. The van der Waals surface area contributed by atoms with Crippen LogP contribution < -0.4 is 30.9 Å². The highest BCUT2D eigenvalue weighted by molar-refractivity contribution is 7.46. The van der Waals surface area contributed by atoms with E-state index < -0.39 is 25.6 Å². The van der Waals surface area contributed by atoms with E-state index in [1.165, 1.54) is 21.9 Å². The molecule has 5 N–H and O–H groups in total. The van der Waals surface area contributed by atoms with Gasteiger partial charge in [0, 0.05) is 123 Å². The first kappa shape index (κ1) is 54.3. The number of carbonyl (C=O) groups is 3. The van der Waals surface area contributed by atoms with Crippen molar-refractivity contribution in [1.82, 2.24) is 28.9 Å². The second-order valence-corrected chi connectivity index (χ2v) is 24.8. The molecule has 2 aromatic carbocycles.